The van der Waals surface area contributed by atoms with Gasteiger partial charge in [0.1, 0.15) is 69.0 Å². The van der Waals surface area contributed by atoms with E-state index in [1.807, 2.05) is 18.7 Å². The smallest absolute Gasteiger partial charge is 0.271 e. The molecule has 1 unspecified atom stereocenters. The molecule has 6 aliphatic heterocycles. The van der Waals surface area contributed by atoms with Crippen LogP contribution < -0.4 is 47.6 Å². The molecule has 6 aromatic carbocycles. The number of halogens is 8. The summed E-state index contributed by atoms with van der Waals surface area (Å²) in [6.45, 7) is 17.3. The van der Waals surface area contributed by atoms with Gasteiger partial charge in [-0.15, -0.1) is 0 Å². The number of aryl methyl sites for hydroxylation is 2. The highest BCUT2D eigenvalue weighted by molar-refractivity contribution is 5.84. The van der Waals surface area contributed by atoms with E-state index in [0.717, 1.165) is 165 Å². The van der Waals surface area contributed by atoms with Crippen LogP contribution in [0.3, 0.4) is 0 Å². The van der Waals surface area contributed by atoms with Crippen LogP contribution in [0.25, 0.3) is 0 Å². The number of ketones is 3. The number of nitrogens with zero attached hydrogens (tertiary/aromatic N) is 12. The van der Waals surface area contributed by atoms with E-state index in [1.165, 1.54) is 48.7 Å². The van der Waals surface area contributed by atoms with Gasteiger partial charge in [-0.25, -0.2) is 46.3 Å². The van der Waals surface area contributed by atoms with Gasteiger partial charge in [-0.05, 0) is 271 Å². The summed E-state index contributed by atoms with van der Waals surface area (Å²) < 4.78 is 124. The van der Waals surface area contributed by atoms with E-state index >= 15 is 0 Å². The van der Waals surface area contributed by atoms with E-state index in [1.54, 1.807) is 134 Å². The Balaban J connectivity index is 0.000000147. The highest BCUT2D eigenvalue weighted by Gasteiger charge is 2.32. The fourth-order valence-corrected chi connectivity index (χ4v) is 18.2. The standard InChI is InChI=1S/C19H22FN3O2.C18H19F2N3O2.C18H22FN3O2.C18H20FN3O2.C18H22FN3O2.C17H19F2N3O2/c1-13-11-21-19(25)17(22-13)12-23-8-6-14(7-9-23)18(24)10-15-4-2-3-5-16(15)20;19-14-4-2-1-3-13(14)9-16(24)12-5-7-23(8-6-12)11-15-18(25)21-10-17(20)22-15;1-13-10-20-18(23)16(21-13)11-22-8-6-14(7-9-22)12-24-17-5-3-2-4-15(17)19;19-15-3-1-13(2-4-15)11-17(23)14-5-9-22(10-6-14)12-16-18(24)21-8-7-20-16;19-15-5-1-2-6-17(15)24-13-14-4-3-10-22(11-7-14)12-16-18(23)21-9-8-20-16;18-13-3-1-2-4-15(13)24-11-12-5-7-22(8-6-12)10-14-17(23)20-9-16(19)21-14/h2-5,11,14H,6-10,12H2,1H3,(H,21,25);1-4,10,12H,5-9,11H2,(H,21,25);2-5,10,14H,6-9,11-12H2,1H3,(H,20,23);1-4,7-8,14H,5-6,9-12H2,(H,21,24);1-2,5-6,8-9,14H,3-4,7,10-13H2,(H,21,23);1-4,9,12H,5-8,10-11H2,(H,20,23). The minimum Gasteiger partial charge on any atom is -0.490 e. The van der Waals surface area contributed by atoms with E-state index in [9.17, 15) is 78.3 Å². The Morgan fingerprint density at radius 1 is 0.308 bits per heavy atom. The third-order valence-corrected chi connectivity index (χ3v) is 26.8. The van der Waals surface area contributed by atoms with Crippen LogP contribution >= 0.6 is 0 Å². The number of carbonyl (C=O) groups excluding carboxylic acids is 3. The number of carbonyl (C=O) groups is 3. The van der Waals surface area contributed by atoms with Crippen molar-refractivity contribution in [2.24, 2.45) is 35.5 Å². The first kappa shape index (κ1) is 109. The van der Waals surface area contributed by atoms with Crippen LogP contribution in [0, 0.1) is 96.2 Å². The molecule has 6 fully saturated rings. The van der Waals surface area contributed by atoms with Crippen LogP contribution in [0.15, 0.2) is 224 Å². The number of hydrogen-bond donors (Lipinski definition) is 6. The molecule has 0 saturated carbocycles. The summed E-state index contributed by atoms with van der Waals surface area (Å²) in [6.07, 6.45) is 23.0. The molecular weight excluding hydrogens is 1890 g/mol. The molecule has 0 amide bonds. The molecule has 0 spiro atoms. The Bertz CT molecular complexity index is 6330. The molecule has 6 aliphatic rings. The lowest BCUT2D eigenvalue weighted by atomic mass is 9.89. The second-order valence-corrected chi connectivity index (χ2v) is 37.5. The Labute approximate surface area is 839 Å². The molecule has 774 valence electrons. The molecular formula is C108H124F8N18O12. The number of H-pyrrole nitrogens is 6. The number of para-hydroxylation sites is 3. The van der Waals surface area contributed by atoms with E-state index in [2.05, 4.69) is 84.3 Å². The van der Waals surface area contributed by atoms with Crippen molar-refractivity contribution in [3.05, 3.63) is 366 Å². The van der Waals surface area contributed by atoms with Gasteiger partial charge in [0.15, 0.2) is 34.7 Å². The van der Waals surface area contributed by atoms with Gasteiger partial charge < -0.3 is 44.1 Å². The Kier molecular flexibility index (Phi) is 42.0. The van der Waals surface area contributed by atoms with Crippen LogP contribution in [0.4, 0.5) is 35.1 Å². The third kappa shape index (κ3) is 35.0. The second kappa shape index (κ2) is 56.1. The molecule has 1 atom stereocenters. The minimum atomic E-state index is -0.718. The number of rotatable bonds is 30. The zero-order chi connectivity index (χ0) is 103. The zero-order valence-electron chi connectivity index (χ0n) is 81.9. The van der Waals surface area contributed by atoms with E-state index in [0.29, 0.717) is 148 Å². The monoisotopic (exact) mass is 2020 g/mol. The Morgan fingerprint density at radius 3 is 0.925 bits per heavy atom. The van der Waals surface area contributed by atoms with Gasteiger partial charge in [-0.2, -0.15) is 8.78 Å². The van der Waals surface area contributed by atoms with Gasteiger partial charge >= 0.3 is 0 Å². The molecule has 18 rings (SSSR count). The average Bonchev–Trinajstić information content (AvgIpc) is 0.878. The van der Waals surface area contributed by atoms with E-state index in [-0.39, 0.29) is 134 Å². The van der Waals surface area contributed by atoms with Gasteiger partial charge in [0, 0.05) is 113 Å². The Morgan fingerprint density at radius 2 is 0.589 bits per heavy atom. The van der Waals surface area contributed by atoms with Crippen molar-refractivity contribution in [1.29, 1.82) is 0 Å². The summed E-state index contributed by atoms with van der Waals surface area (Å²) in [5.74, 6) is -1.10. The van der Waals surface area contributed by atoms with Crippen molar-refractivity contribution in [2.45, 2.75) is 156 Å². The first-order valence-corrected chi connectivity index (χ1v) is 49.5. The number of aromatic amines is 6. The first-order chi connectivity index (χ1) is 70.6. The number of hydrogen-bond acceptors (Lipinski definition) is 24. The number of likely N-dealkylation sites (tertiary alicyclic amines) is 6. The number of Topliss-reactive ketones (excluding diaryl/α,β-unsaturated/α-hetero) is 3. The summed E-state index contributed by atoms with van der Waals surface area (Å²) >= 11 is 0. The van der Waals surface area contributed by atoms with Crippen molar-refractivity contribution in [3.63, 3.8) is 0 Å². The summed E-state index contributed by atoms with van der Waals surface area (Å²) in [7, 11) is 0. The topological polar surface area (TPSA) is 373 Å². The van der Waals surface area contributed by atoms with Crippen molar-refractivity contribution in [3.8, 4) is 17.2 Å². The lowest BCUT2D eigenvalue weighted by molar-refractivity contribution is -0.124. The van der Waals surface area contributed by atoms with Crippen LogP contribution in [-0.2, 0) is 72.9 Å². The molecule has 12 aromatic rings. The minimum absolute atomic E-state index is 0.0338. The molecule has 0 bridgehead atoms. The van der Waals surface area contributed by atoms with Crippen molar-refractivity contribution in [1.82, 2.24) is 89.2 Å². The summed E-state index contributed by atoms with van der Waals surface area (Å²) in [5.41, 5.74) is 4.47. The largest absolute Gasteiger partial charge is 0.490 e. The number of piperidine rings is 5. The van der Waals surface area contributed by atoms with Gasteiger partial charge in [-0.1, -0.05) is 84.9 Å². The van der Waals surface area contributed by atoms with Crippen LogP contribution in [0.1, 0.15) is 146 Å². The lowest BCUT2D eigenvalue weighted by Gasteiger charge is -2.31. The molecule has 30 nitrogen and oxygen atoms in total. The molecule has 6 saturated heterocycles. The molecule has 38 heteroatoms. The Hall–Kier alpha value is -13.8. The highest BCUT2D eigenvalue weighted by Crippen LogP contribution is 2.30. The summed E-state index contributed by atoms with van der Waals surface area (Å²) in [6, 6.07) is 38.2. The average molecular weight is 2020 g/mol. The summed E-state index contributed by atoms with van der Waals surface area (Å²) in [5, 5.41) is 0. The molecule has 12 heterocycles. The zero-order valence-corrected chi connectivity index (χ0v) is 81.9. The molecule has 6 aromatic heterocycles. The first-order valence-electron chi connectivity index (χ1n) is 49.5. The van der Waals surface area contributed by atoms with Gasteiger partial charge in [0.25, 0.3) is 33.4 Å². The van der Waals surface area contributed by atoms with Crippen LogP contribution in [-0.4, -0.2) is 205 Å². The van der Waals surface area contributed by atoms with E-state index < -0.39 is 17.5 Å². The fraction of sp³-hybridized carbons (Fsp3) is 0.417. The molecule has 6 N–H and O–H groups in total. The highest BCUT2D eigenvalue weighted by atomic mass is 19.2. The number of benzene rings is 6. The lowest BCUT2D eigenvalue weighted by Crippen LogP contribution is -2.38. The maximum Gasteiger partial charge on any atom is 0.271 e. The number of nitrogens with one attached hydrogen (secondary N) is 6. The normalized spacial score (nSPS) is 16.6. The SMILES string of the molecule is Cc1c[nH]c(=O)c(CN2CCC(C(=O)Cc3ccccc3F)CC2)n1.Cc1c[nH]c(=O)c(CN2CCC(COc3ccccc3F)CC2)n1.O=C(Cc1ccc(F)cc1)C1CCN(Cc2ncc[nH]c2=O)CC1.O=C(Cc1ccccc1F)C1CCN(Cc2nc(F)c[nH]c2=O)CC1.O=c1[nH]cc(F)nc1CN1CCC(COc2ccccc2F)CC1.O=c1[nH]ccnc1CN1CCCC(COc2ccccc2F)CC1. The second-order valence-electron chi connectivity index (χ2n) is 37.5. The van der Waals surface area contributed by atoms with Crippen LogP contribution in [0.2, 0.25) is 0 Å². The number of ether oxygens (including phenoxy) is 3. The quantitative estimate of drug-likeness (QED) is 0.0228. The van der Waals surface area contributed by atoms with Gasteiger partial charge in [0.2, 0.25) is 11.9 Å². The molecule has 146 heavy (non-hydrogen) atoms. The molecule has 0 aliphatic carbocycles. The van der Waals surface area contributed by atoms with E-state index in [4.69, 9.17) is 14.2 Å². The van der Waals surface area contributed by atoms with Crippen molar-refractivity contribution >= 4 is 17.3 Å². The summed E-state index contributed by atoms with van der Waals surface area (Å²) in [4.78, 5) is 160. The van der Waals surface area contributed by atoms with Crippen molar-refractivity contribution < 1.29 is 63.7 Å². The fourth-order valence-electron chi connectivity index (χ4n) is 18.2. The molecule has 0 radical (unpaired) electrons. The maximum atomic E-state index is 13.7. The predicted octanol–water partition coefficient (Wildman–Crippen LogP) is 13.7. The predicted molar refractivity (Wildman–Crippen MR) is 532 cm³/mol. The van der Waals surface area contributed by atoms with Crippen molar-refractivity contribution in [2.75, 3.05) is 98.4 Å². The van der Waals surface area contributed by atoms with Gasteiger partial charge in [-0.3, -0.25) is 82.5 Å². The van der Waals surface area contributed by atoms with Gasteiger partial charge in [0.05, 0.1) is 43.6 Å². The third-order valence-electron chi connectivity index (χ3n) is 26.8. The van der Waals surface area contributed by atoms with Crippen LogP contribution in [0.5, 0.6) is 17.2 Å². The number of aromatic nitrogens is 12. The maximum absolute atomic E-state index is 13.7.